The molecule has 0 radical (unpaired) electrons. The largest absolute Gasteiger partial charge is 0.497 e. The van der Waals surface area contributed by atoms with Gasteiger partial charge >= 0.3 is 6.03 Å². The van der Waals surface area contributed by atoms with Crippen molar-refractivity contribution < 1.29 is 23.7 Å². The highest BCUT2D eigenvalue weighted by atomic mass is 16.5. The summed E-state index contributed by atoms with van der Waals surface area (Å²) in [7, 11) is 4.75. The molecule has 4 rings (SSSR count). The van der Waals surface area contributed by atoms with Crippen molar-refractivity contribution in [2.75, 3.05) is 26.2 Å². The molecule has 0 spiro atoms. The molecule has 7 heteroatoms. The van der Waals surface area contributed by atoms with E-state index in [1.54, 1.807) is 44.4 Å². The van der Waals surface area contributed by atoms with Gasteiger partial charge in [-0.3, -0.25) is 4.90 Å². The highest BCUT2D eigenvalue weighted by Gasteiger charge is 2.51. The third-order valence-corrected chi connectivity index (χ3v) is 5.11. The van der Waals surface area contributed by atoms with Crippen LogP contribution in [0.2, 0.25) is 0 Å². The Morgan fingerprint density at radius 1 is 1.11 bits per heavy atom. The summed E-state index contributed by atoms with van der Waals surface area (Å²) in [6.07, 6.45) is 0.591. The number of fused-ring (bicyclic) bond motifs is 4. The van der Waals surface area contributed by atoms with Crippen molar-refractivity contribution in [2.24, 2.45) is 0 Å². The second-order valence-electron chi connectivity index (χ2n) is 6.74. The molecule has 2 aromatic carbocycles. The Kier molecular flexibility index (Phi) is 4.02. The highest BCUT2D eigenvalue weighted by molar-refractivity contribution is 5.96. The van der Waals surface area contributed by atoms with Gasteiger partial charge in [-0.2, -0.15) is 0 Å². The van der Waals surface area contributed by atoms with Crippen LogP contribution in [0.4, 0.5) is 10.5 Å². The molecule has 2 aromatic rings. The maximum Gasteiger partial charge on any atom is 0.325 e. The van der Waals surface area contributed by atoms with Crippen LogP contribution in [-0.4, -0.2) is 33.1 Å². The lowest BCUT2D eigenvalue weighted by atomic mass is 9.90. The molecule has 0 aromatic heterocycles. The molecule has 1 fully saturated rings. The second-order valence-corrected chi connectivity index (χ2v) is 6.74. The first-order valence-electron chi connectivity index (χ1n) is 8.69. The molecule has 142 valence electrons. The van der Waals surface area contributed by atoms with E-state index in [-0.39, 0.29) is 12.1 Å². The molecular formula is C20H22N2O5. The van der Waals surface area contributed by atoms with E-state index in [1.165, 1.54) is 0 Å². The number of benzene rings is 2. The zero-order chi connectivity index (χ0) is 19.2. The predicted molar refractivity (Wildman–Crippen MR) is 99.9 cm³/mol. The third-order valence-electron chi connectivity index (χ3n) is 5.11. The van der Waals surface area contributed by atoms with Crippen molar-refractivity contribution >= 4 is 11.7 Å². The molecule has 2 bridgehead atoms. The van der Waals surface area contributed by atoms with Gasteiger partial charge in [-0.05, 0) is 25.1 Å². The smallest absolute Gasteiger partial charge is 0.325 e. The molecule has 0 unspecified atom stereocenters. The molecular weight excluding hydrogens is 348 g/mol. The number of carbonyl (C=O) groups excluding carboxylic acids is 1. The fourth-order valence-corrected chi connectivity index (χ4v) is 3.86. The minimum Gasteiger partial charge on any atom is -0.497 e. The number of ether oxygens (including phenoxy) is 4. The molecule has 7 nitrogen and oxygen atoms in total. The average Bonchev–Trinajstić information content (AvgIpc) is 2.67. The van der Waals surface area contributed by atoms with E-state index >= 15 is 0 Å². The minimum atomic E-state index is -0.892. The Hall–Kier alpha value is -3.09. The van der Waals surface area contributed by atoms with E-state index in [0.29, 0.717) is 35.1 Å². The maximum absolute atomic E-state index is 13.0. The number of hydrogen-bond donors (Lipinski definition) is 1. The van der Waals surface area contributed by atoms with E-state index in [1.807, 2.05) is 25.1 Å². The zero-order valence-electron chi connectivity index (χ0n) is 15.7. The van der Waals surface area contributed by atoms with E-state index in [9.17, 15) is 4.79 Å². The molecule has 2 atom stereocenters. The number of para-hydroxylation sites is 1. The number of rotatable bonds is 4. The third kappa shape index (κ3) is 2.61. The Labute approximate surface area is 157 Å². The van der Waals surface area contributed by atoms with Gasteiger partial charge in [-0.1, -0.05) is 12.1 Å². The zero-order valence-corrected chi connectivity index (χ0v) is 15.7. The van der Waals surface area contributed by atoms with E-state index in [0.717, 1.165) is 5.56 Å². The van der Waals surface area contributed by atoms with Crippen molar-refractivity contribution in [3.63, 3.8) is 0 Å². The number of urea groups is 1. The molecule has 0 aliphatic carbocycles. The van der Waals surface area contributed by atoms with E-state index < -0.39 is 5.72 Å². The quantitative estimate of drug-likeness (QED) is 0.892. The van der Waals surface area contributed by atoms with E-state index in [4.69, 9.17) is 18.9 Å². The molecule has 27 heavy (non-hydrogen) atoms. The Morgan fingerprint density at radius 3 is 2.59 bits per heavy atom. The second kappa shape index (κ2) is 6.26. The number of hydrogen-bond acceptors (Lipinski definition) is 5. The summed E-state index contributed by atoms with van der Waals surface area (Å²) in [5.41, 5.74) is 0.632. The van der Waals surface area contributed by atoms with Crippen molar-refractivity contribution in [2.45, 2.75) is 25.1 Å². The van der Waals surface area contributed by atoms with Crippen LogP contribution in [0.15, 0.2) is 36.4 Å². The SMILES string of the molecule is COc1ccc(N2C(=O)N[C@H]3C[C@@]2(C)Oc2c(OC)cccc23)c(OC)c1. The molecule has 2 amide bonds. The van der Waals surface area contributed by atoms with Crippen molar-refractivity contribution in [3.05, 3.63) is 42.0 Å². The van der Waals surface area contributed by atoms with Gasteiger partial charge in [-0.15, -0.1) is 0 Å². The van der Waals surface area contributed by atoms with Gasteiger partial charge in [0.15, 0.2) is 17.2 Å². The molecule has 2 aliphatic heterocycles. The van der Waals surface area contributed by atoms with Crippen LogP contribution in [0.1, 0.15) is 24.9 Å². The van der Waals surface area contributed by atoms with Gasteiger partial charge < -0.3 is 24.3 Å². The Balaban J connectivity index is 1.82. The number of nitrogens with zero attached hydrogens (tertiary/aromatic N) is 1. The van der Waals surface area contributed by atoms with Gasteiger partial charge in [0, 0.05) is 18.1 Å². The fraction of sp³-hybridized carbons (Fsp3) is 0.350. The topological polar surface area (TPSA) is 69.3 Å². The summed E-state index contributed by atoms with van der Waals surface area (Å²) < 4.78 is 22.6. The summed E-state index contributed by atoms with van der Waals surface area (Å²) >= 11 is 0. The summed E-state index contributed by atoms with van der Waals surface area (Å²) in [4.78, 5) is 14.6. The van der Waals surface area contributed by atoms with Gasteiger partial charge in [0.1, 0.15) is 11.5 Å². The molecule has 0 saturated carbocycles. The summed E-state index contributed by atoms with van der Waals surface area (Å²) in [5.74, 6) is 2.46. The molecule has 2 aliphatic rings. The monoisotopic (exact) mass is 370 g/mol. The average molecular weight is 370 g/mol. The number of methoxy groups -OCH3 is 3. The van der Waals surface area contributed by atoms with Gasteiger partial charge in [0.05, 0.1) is 33.1 Å². The minimum absolute atomic E-state index is 0.151. The summed E-state index contributed by atoms with van der Waals surface area (Å²) in [6, 6.07) is 10.6. The van der Waals surface area contributed by atoms with Crippen LogP contribution >= 0.6 is 0 Å². The number of amides is 2. The van der Waals surface area contributed by atoms with Crippen molar-refractivity contribution in [1.82, 2.24) is 5.32 Å². The van der Waals surface area contributed by atoms with E-state index in [2.05, 4.69) is 5.32 Å². The predicted octanol–water partition coefficient (Wildman–Crippen LogP) is 3.48. The van der Waals surface area contributed by atoms with Gasteiger partial charge in [0.2, 0.25) is 0 Å². The first-order chi connectivity index (χ1) is 13.0. The summed E-state index contributed by atoms with van der Waals surface area (Å²) in [6.45, 7) is 1.90. The molecule has 1 saturated heterocycles. The van der Waals surface area contributed by atoms with Crippen molar-refractivity contribution in [1.29, 1.82) is 0 Å². The standard InChI is InChI=1S/C20H22N2O5/c1-20-11-14(13-6-5-7-16(25-3)18(13)27-20)21-19(23)22(20)15-9-8-12(24-2)10-17(15)26-4/h5-10,14H,11H2,1-4H3,(H,21,23)/t14-,20+/m0/s1. The highest BCUT2D eigenvalue weighted by Crippen LogP contribution is 2.50. The maximum atomic E-state index is 13.0. The first-order valence-corrected chi connectivity index (χ1v) is 8.69. The summed E-state index contributed by atoms with van der Waals surface area (Å²) in [5, 5.41) is 3.07. The molecule has 2 heterocycles. The lowest BCUT2D eigenvalue weighted by Crippen LogP contribution is -2.65. The number of anilines is 1. The van der Waals surface area contributed by atoms with Gasteiger partial charge in [0.25, 0.3) is 0 Å². The number of carbonyl (C=O) groups is 1. The van der Waals surface area contributed by atoms with Crippen molar-refractivity contribution in [3.8, 4) is 23.0 Å². The van der Waals surface area contributed by atoms with Crippen LogP contribution in [0.5, 0.6) is 23.0 Å². The fourth-order valence-electron chi connectivity index (χ4n) is 3.86. The van der Waals surface area contributed by atoms with Crippen LogP contribution < -0.4 is 29.2 Å². The van der Waals surface area contributed by atoms with Crippen LogP contribution in [-0.2, 0) is 0 Å². The lowest BCUT2D eigenvalue weighted by Gasteiger charge is -2.50. The lowest BCUT2D eigenvalue weighted by molar-refractivity contribution is 0.0346. The Morgan fingerprint density at radius 2 is 1.89 bits per heavy atom. The van der Waals surface area contributed by atoms with Crippen LogP contribution in [0.25, 0.3) is 0 Å². The van der Waals surface area contributed by atoms with Crippen LogP contribution in [0, 0.1) is 0 Å². The number of nitrogens with one attached hydrogen (secondary N) is 1. The first kappa shape index (κ1) is 17.3. The van der Waals surface area contributed by atoms with Gasteiger partial charge in [-0.25, -0.2) is 4.79 Å². The van der Waals surface area contributed by atoms with Crippen LogP contribution in [0.3, 0.4) is 0 Å². The molecule has 1 N–H and O–H groups in total. The Bertz CT molecular complexity index is 900. The normalized spacial score (nSPS) is 23.0.